The molecule has 0 N–H and O–H groups in total. The van der Waals surface area contributed by atoms with Crippen LogP contribution >= 0.6 is 0 Å². The van der Waals surface area contributed by atoms with Crippen LogP contribution < -0.4 is 15.4 Å². The molecule has 29 heavy (non-hydrogen) atoms. The maximum atomic E-state index is 14.9. The smallest absolute Gasteiger partial charge is 0.377 e. The molecule has 0 saturated carbocycles. The molecule has 2 atom stereocenters. The second-order valence-electron chi connectivity index (χ2n) is 7.05. The summed E-state index contributed by atoms with van der Waals surface area (Å²) < 4.78 is 62.6. The molecule has 0 aliphatic carbocycles. The predicted octanol–water partition coefficient (Wildman–Crippen LogP) is 2.48. The maximum Gasteiger partial charge on any atom is 0.409 e. The van der Waals surface area contributed by atoms with Crippen LogP contribution in [0.1, 0.15) is 13.3 Å². The standard InChI is InChI=1S/C18H19F4N5O2/c1-11-10-29-9-8-25(11)15-14(19)16(28)26-7-4-13(18(20,21)22)27(17(26)24-15)12-2-5-23-6-3-12/h2-3,5-6,11,13H,4,7-10H2,1H3/t11-,13+/m1/s1. The minimum Gasteiger partial charge on any atom is -0.377 e. The van der Waals surface area contributed by atoms with Crippen molar-refractivity contribution in [2.24, 2.45) is 0 Å². The number of alkyl halides is 3. The van der Waals surface area contributed by atoms with Gasteiger partial charge < -0.3 is 9.64 Å². The molecular weight excluding hydrogens is 394 g/mol. The molecular formula is C18H19F4N5O2. The third-order valence-corrected chi connectivity index (χ3v) is 5.19. The number of nitrogens with zero attached hydrogens (tertiary/aromatic N) is 5. The van der Waals surface area contributed by atoms with Crippen molar-refractivity contribution in [3.8, 4) is 0 Å². The number of halogens is 4. The summed E-state index contributed by atoms with van der Waals surface area (Å²) in [7, 11) is 0. The average Bonchev–Trinajstić information content (AvgIpc) is 2.70. The molecule has 2 aliphatic rings. The first-order valence-electron chi connectivity index (χ1n) is 9.19. The van der Waals surface area contributed by atoms with Gasteiger partial charge in [0.1, 0.15) is 6.04 Å². The molecule has 4 rings (SSSR count). The predicted molar refractivity (Wildman–Crippen MR) is 96.9 cm³/mol. The topological polar surface area (TPSA) is 63.5 Å². The summed E-state index contributed by atoms with van der Waals surface area (Å²) in [4.78, 5) is 23.3. The molecule has 2 aromatic heterocycles. The molecule has 4 heterocycles. The van der Waals surface area contributed by atoms with Crippen LogP contribution in [0.15, 0.2) is 29.3 Å². The van der Waals surface area contributed by atoms with Gasteiger partial charge in [0.15, 0.2) is 5.82 Å². The molecule has 0 spiro atoms. The number of aromatic nitrogens is 3. The van der Waals surface area contributed by atoms with E-state index in [1.54, 1.807) is 11.8 Å². The molecule has 11 heteroatoms. The zero-order chi connectivity index (χ0) is 20.8. The Morgan fingerprint density at radius 1 is 1.21 bits per heavy atom. The molecule has 1 fully saturated rings. The monoisotopic (exact) mass is 413 g/mol. The van der Waals surface area contributed by atoms with Crippen molar-refractivity contribution in [3.63, 3.8) is 0 Å². The Bertz CT molecular complexity index is 950. The molecule has 2 aliphatic heterocycles. The van der Waals surface area contributed by atoms with Crippen molar-refractivity contribution in [3.05, 3.63) is 40.7 Å². The zero-order valence-corrected chi connectivity index (χ0v) is 15.6. The van der Waals surface area contributed by atoms with E-state index in [0.717, 1.165) is 9.47 Å². The van der Waals surface area contributed by atoms with E-state index < -0.39 is 30.0 Å². The number of anilines is 3. The Balaban J connectivity index is 1.91. The van der Waals surface area contributed by atoms with E-state index in [9.17, 15) is 22.4 Å². The van der Waals surface area contributed by atoms with Crippen molar-refractivity contribution in [2.45, 2.75) is 38.1 Å². The molecule has 7 nitrogen and oxygen atoms in total. The summed E-state index contributed by atoms with van der Waals surface area (Å²) in [6.45, 7) is 2.40. The van der Waals surface area contributed by atoms with Crippen molar-refractivity contribution >= 4 is 17.5 Å². The Morgan fingerprint density at radius 3 is 2.59 bits per heavy atom. The molecule has 0 amide bonds. The summed E-state index contributed by atoms with van der Waals surface area (Å²) in [6, 6.07) is 0.642. The van der Waals surface area contributed by atoms with E-state index in [1.165, 1.54) is 24.5 Å². The van der Waals surface area contributed by atoms with Gasteiger partial charge in [-0.15, -0.1) is 0 Å². The van der Waals surface area contributed by atoms with Crippen molar-refractivity contribution in [1.29, 1.82) is 0 Å². The zero-order valence-electron chi connectivity index (χ0n) is 15.6. The Morgan fingerprint density at radius 2 is 1.93 bits per heavy atom. The highest BCUT2D eigenvalue weighted by Crippen LogP contribution is 2.39. The van der Waals surface area contributed by atoms with Crippen LogP contribution in [-0.2, 0) is 11.3 Å². The Hall–Kier alpha value is -2.69. The minimum absolute atomic E-state index is 0.176. The number of morpholine rings is 1. The van der Waals surface area contributed by atoms with Gasteiger partial charge in [-0.25, -0.2) is 0 Å². The average molecular weight is 413 g/mol. The van der Waals surface area contributed by atoms with Gasteiger partial charge >= 0.3 is 6.18 Å². The normalized spacial score (nSPS) is 22.5. The van der Waals surface area contributed by atoms with E-state index in [1.807, 2.05) is 0 Å². The van der Waals surface area contributed by atoms with Gasteiger partial charge in [-0.05, 0) is 25.5 Å². The summed E-state index contributed by atoms with van der Waals surface area (Å²) in [5.41, 5.74) is -0.807. The highest BCUT2D eigenvalue weighted by Gasteiger charge is 2.48. The van der Waals surface area contributed by atoms with Gasteiger partial charge in [-0.1, -0.05) is 0 Å². The lowest BCUT2D eigenvalue weighted by Crippen LogP contribution is -2.51. The first-order valence-corrected chi connectivity index (χ1v) is 9.19. The lowest BCUT2D eigenvalue weighted by Gasteiger charge is -2.40. The largest absolute Gasteiger partial charge is 0.409 e. The van der Waals surface area contributed by atoms with Crippen LogP contribution in [0.4, 0.5) is 35.0 Å². The van der Waals surface area contributed by atoms with Gasteiger partial charge in [-0.3, -0.25) is 19.2 Å². The van der Waals surface area contributed by atoms with Crippen LogP contribution in [0.25, 0.3) is 0 Å². The molecule has 0 radical (unpaired) electrons. The summed E-state index contributed by atoms with van der Waals surface area (Å²) in [5, 5.41) is 0. The highest BCUT2D eigenvalue weighted by molar-refractivity contribution is 5.61. The lowest BCUT2D eigenvalue weighted by atomic mass is 10.1. The van der Waals surface area contributed by atoms with E-state index in [4.69, 9.17) is 4.74 Å². The van der Waals surface area contributed by atoms with Crippen LogP contribution in [0.3, 0.4) is 0 Å². The van der Waals surface area contributed by atoms with Crippen LogP contribution in [0.5, 0.6) is 0 Å². The SMILES string of the molecule is C[C@@H]1COCCN1c1nc2n(c(=O)c1F)CC[C@@H](C(F)(F)F)N2c1ccncc1. The lowest BCUT2D eigenvalue weighted by molar-refractivity contribution is -0.150. The van der Waals surface area contributed by atoms with Gasteiger partial charge in [0, 0.05) is 31.2 Å². The fraction of sp³-hybridized carbons (Fsp3) is 0.500. The molecule has 1 saturated heterocycles. The molecule has 156 valence electrons. The van der Waals surface area contributed by atoms with Gasteiger partial charge in [0.05, 0.1) is 19.3 Å². The van der Waals surface area contributed by atoms with Crippen molar-refractivity contribution < 1.29 is 22.3 Å². The van der Waals surface area contributed by atoms with Crippen LogP contribution in [0, 0.1) is 5.82 Å². The second kappa shape index (κ2) is 7.29. The number of hydrogen-bond acceptors (Lipinski definition) is 6. The summed E-state index contributed by atoms with van der Waals surface area (Å²) >= 11 is 0. The van der Waals surface area contributed by atoms with Crippen molar-refractivity contribution in [1.82, 2.24) is 14.5 Å². The van der Waals surface area contributed by atoms with Gasteiger partial charge in [-0.2, -0.15) is 22.5 Å². The third-order valence-electron chi connectivity index (χ3n) is 5.19. The van der Waals surface area contributed by atoms with E-state index >= 15 is 0 Å². The van der Waals surface area contributed by atoms with Gasteiger partial charge in [0.2, 0.25) is 11.8 Å². The number of hydrogen-bond donors (Lipinski definition) is 0. The number of pyridine rings is 1. The van der Waals surface area contributed by atoms with E-state index in [-0.39, 0.29) is 36.6 Å². The molecule has 0 bridgehead atoms. The quantitative estimate of drug-likeness (QED) is 0.705. The van der Waals surface area contributed by atoms with Crippen LogP contribution in [0.2, 0.25) is 0 Å². The molecule has 0 aromatic carbocycles. The van der Waals surface area contributed by atoms with Crippen LogP contribution in [-0.4, -0.2) is 52.6 Å². The van der Waals surface area contributed by atoms with E-state index in [0.29, 0.717) is 13.2 Å². The number of fused-ring (bicyclic) bond motifs is 1. The Kier molecular flexibility index (Phi) is 4.93. The highest BCUT2D eigenvalue weighted by atomic mass is 19.4. The fourth-order valence-corrected chi connectivity index (χ4v) is 3.76. The fourth-order valence-electron chi connectivity index (χ4n) is 3.76. The molecule has 2 aromatic rings. The first kappa shape index (κ1) is 19.6. The second-order valence-corrected chi connectivity index (χ2v) is 7.05. The van der Waals surface area contributed by atoms with E-state index in [2.05, 4.69) is 9.97 Å². The molecule has 0 unspecified atom stereocenters. The summed E-state index contributed by atoms with van der Waals surface area (Å²) in [6.07, 6.45) is -2.25. The number of rotatable bonds is 2. The first-order chi connectivity index (χ1) is 13.8. The number of ether oxygens (including phenoxy) is 1. The maximum absolute atomic E-state index is 14.9. The summed E-state index contributed by atoms with van der Waals surface area (Å²) in [5.74, 6) is -1.55. The van der Waals surface area contributed by atoms with Crippen molar-refractivity contribution in [2.75, 3.05) is 29.6 Å². The third kappa shape index (κ3) is 3.43. The minimum atomic E-state index is -4.56. The van der Waals surface area contributed by atoms with Gasteiger partial charge in [0.25, 0.3) is 5.56 Å². The Labute approximate surface area is 163 Å².